The molecule has 1 fully saturated rings. The summed E-state index contributed by atoms with van der Waals surface area (Å²) < 4.78 is 0. The van der Waals surface area contributed by atoms with Gasteiger partial charge in [-0.05, 0) is 26.2 Å². The van der Waals surface area contributed by atoms with Crippen LogP contribution in [0.4, 0.5) is 0 Å². The molecule has 7 N–H and O–H groups in total. The number of aliphatic carboxylic acids is 2. The van der Waals surface area contributed by atoms with Gasteiger partial charge in [0.1, 0.15) is 18.1 Å². The van der Waals surface area contributed by atoms with Gasteiger partial charge in [-0.2, -0.15) is 12.6 Å². The zero-order chi connectivity index (χ0) is 23.0. The molecule has 0 aliphatic carbocycles. The molecule has 0 spiro atoms. The number of aliphatic hydroxyl groups is 1. The average Bonchev–Trinajstić information content (AvgIpc) is 3.17. The lowest BCUT2D eigenvalue weighted by atomic mass is 10.1. The van der Waals surface area contributed by atoms with Gasteiger partial charge in [-0.15, -0.1) is 0 Å². The van der Waals surface area contributed by atoms with Crippen LogP contribution in [0, 0.1) is 0 Å². The fraction of sp³-hybridized carbons (Fsp3) is 0.706. The molecule has 3 amide bonds. The molecular weight excluding hydrogens is 420 g/mol. The minimum absolute atomic E-state index is 0.0145. The number of hydrogen-bond acceptors (Lipinski definition) is 8. The van der Waals surface area contributed by atoms with E-state index in [-0.39, 0.29) is 25.1 Å². The number of amides is 3. The Morgan fingerprint density at radius 1 is 1.17 bits per heavy atom. The van der Waals surface area contributed by atoms with Crippen molar-refractivity contribution in [2.24, 2.45) is 5.73 Å². The first-order valence-corrected chi connectivity index (χ1v) is 10.0. The summed E-state index contributed by atoms with van der Waals surface area (Å²) in [5.41, 5.74) is 5.55. The number of hydrogen-bond donors (Lipinski definition) is 7. The van der Waals surface area contributed by atoms with Gasteiger partial charge in [-0.1, -0.05) is 0 Å². The van der Waals surface area contributed by atoms with Crippen molar-refractivity contribution >= 4 is 42.3 Å². The summed E-state index contributed by atoms with van der Waals surface area (Å²) in [6.45, 7) is 1.40. The Labute approximate surface area is 178 Å². The third-order valence-corrected chi connectivity index (χ3v) is 5.07. The molecule has 0 bridgehead atoms. The second-order valence-corrected chi connectivity index (χ2v) is 7.40. The number of carboxylic acid groups (broad SMARTS) is 2. The van der Waals surface area contributed by atoms with Gasteiger partial charge in [0.15, 0.2) is 0 Å². The number of thiol groups is 1. The predicted octanol–water partition coefficient (Wildman–Crippen LogP) is -2.47. The van der Waals surface area contributed by atoms with Gasteiger partial charge in [0.05, 0.1) is 12.1 Å². The van der Waals surface area contributed by atoms with Crippen LogP contribution < -0.4 is 16.4 Å². The van der Waals surface area contributed by atoms with Crippen LogP contribution in [0.1, 0.15) is 32.6 Å². The summed E-state index contributed by atoms with van der Waals surface area (Å²) in [7, 11) is 0. The summed E-state index contributed by atoms with van der Waals surface area (Å²) in [6.07, 6.45) is -1.39. The van der Waals surface area contributed by atoms with E-state index < -0.39 is 66.4 Å². The molecule has 0 saturated carbocycles. The molecule has 0 aromatic heterocycles. The highest BCUT2D eigenvalue weighted by atomic mass is 32.1. The summed E-state index contributed by atoms with van der Waals surface area (Å²) >= 11 is 3.89. The average molecular weight is 448 g/mol. The number of carbonyl (C=O) groups excluding carboxylic acids is 3. The summed E-state index contributed by atoms with van der Waals surface area (Å²) in [5.74, 6) is -4.82. The summed E-state index contributed by atoms with van der Waals surface area (Å²) in [6, 6.07) is -4.90. The monoisotopic (exact) mass is 448 g/mol. The topological polar surface area (TPSA) is 199 Å². The van der Waals surface area contributed by atoms with Gasteiger partial charge in [0, 0.05) is 18.7 Å². The first-order chi connectivity index (χ1) is 14.0. The van der Waals surface area contributed by atoms with Crippen LogP contribution in [-0.4, -0.2) is 92.4 Å². The van der Waals surface area contributed by atoms with Crippen molar-refractivity contribution in [3.05, 3.63) is 0 Å². The van der Waals surface area contributed by atoms with Crippen molar-refractivity contribution in [2.75, 3.05) is 12.3 Å². The van der Waals surface area contributed by atoms with Gasteiger partial charge in [-0.25, -0.2) is 4.79 Å². The highest BCUT2D eigenvalue weighted by Gasteiger charge is 2.40. The van der Waals surface area contributed by atoms with Gasteiger partial charge >= 0.3 is 11.9 Å². The van der Waals surface area contributed by atoms with E-state index in [1.165, 1.54) is 6.92 Å². The Morgan fingerprint density at radius 2 is 1.80 bits per heavy atom. The van der Waals surface area contributed by atoms with Crippen molar-refractivity contribution < 1.29 is 39.3 Å². The molecule has 5 unspecified atom stereocenters. The van der Waals surface area contributed by atoms with Crippen molar-refractivity contribution in [2.45, 2.75) is 62.9 Å². The van der Waals surface area contributed by atoms with E-state index in [4.69, 9.17) is 10.8 Å². The van der Waals surface area contributed by atoms with Crippen molar-refractivity contribution in [3.8, 4) is 0 Å². The lowest BCUT2D eigenvalue weighted by molar-refractivity contribution is -0.150. The minimum Gasteiger partial charge on any atom is -0.481 e. The maximum absolute atomic E-state index is 12.8. The van der Waals surface area contributed by atoms with E-state index >= 15 is 0 Å². The van der Waals surface area contributed by atoms with Gasteiger partial charge in [0.2, 0.25) is 17.7 Å². The van der Waals surface area contributed by atoms with Crippen LogP contribution in [0.5, 0.6) is 0 Å². The molecule has 1 aliphatic heterocycles. The number of nitrogens with zero attached hydrogens (tertiary/aromatic N) is 1. The number of likely N-dealkylation sites (tertiary alicyclic amines) is 1. The summed E-state index contributed by atoms with van der Waals surface area (Å²) in [4.78, 5) is 60.8. The lowest BCUT2D eigenvalue weighted by Crippen LogP contribution is -2.60. The highest BCUT2D eigenvalue weighted by molar-refractivity contribution is 7.80. The molecule has 0 aromatic rings. The SMILES string of the molecule is CC(O)C(NC(=O)C(CCC(=O)O)NC(=O)C(N)CS)C(=O)N1CCCC1C(=O)O. The fourth-order valence-electron chi connectivity index (χ4n) is 3.01. The molecule has 13 heteroatoms. The second-order valence-electron chi connectivity index (χ2n) is 7.04. The number of carbonyl (C=O) groups is 5. The molecule has 30 heavy (non-hydrogen) atoms. The standard InChI is InChI=1S/C17H28N4O8S/c1-8(22)13(16(27)21-6-2-3-11(21)17(28)29)20-15(26)10(4-5-12(23)24)19-14(25)9(18)7-30/h8-11,13,22,30H,2-7,18H2,1H3,(H,19,25)(H,20,26)(H,23,24)(H,28,29). The highest BCUT2D eigenvalue weighted by Crippen LogP contribution is 2.19. The molecule has 1 heterocycles. The molecule has 12 nitrogen and oxygen atoms in total. The zero-order valence-electron chi connectivity index (χ0n) is 16.5. The minimum atomic E-state index is -1.47. The number of carboxylic acids is 2. The maximum atomic E-state index is 12.8. The summed E-state index contributed by atoms with van der Waals surface area (Å²) in [5, 5.41) is 32.7. The van der Waals surface area contributed by atoms with E-state index in [9.17, 15) is 34.2 Å². The Hall–Kier alpha value is -2.38. The van der Waals surface area contributed by atoms with Gasteiger partial charge in [-0.3, -0.25) is 19.2 Å². The Kier molecular flexibility index (Phi) is 10.0. The van der Waals surface area contributed by atoms with E-state index in [0.29, 0.717) is 6.42 Å². The first-order valence-electron chi connectivity index (χ1n) is 9.39. The van der Waals surface area contributed by atoms with Crippen molar-refractivity contribution in [1.29, 1.82) is 0 Å². The number of nitrogens with one attached hydrogen (secondary N) is 2. The van der Waals surface area contributed by atoms with Crippen LogP contribution in [0.15, 0.2) is 0 Å². The molecular formula is C17H28N4O8S. The Bertz CT molecular complexity index is 674. The van der Waals surface area contributed by atoms with E-state index in [2.05, 4.69) is 23.3 Å². The molecule has 1 aliphatic rings. The third-order valence-electron chi connectivity index (χ3n) is 4.68. The quantitative estimate of drug-likeness (QED) is 0.167. The van der Waals surface area contributed by atoms with Gasteiger partial charge < -0.3 is 36.6 Å². The molecule has 5 atom stereocenters. The van der Waals surface area contributed by atoms with Gasteiger partial charge in [0.25, 0.3) is 0 Å². The van der Waals surface area contributed by atoms with Crippen LogP contribution in [0.25, 0.3) is 0 Å². The number of aliphatic hydroxyl groups excluding tert-OH is 1. The zero-order valence-corrected chi connectivity index (χ0v) is 17.4. The first kappa shape index (κ1) is 25.7. The molecule has 170 valence electrons. The van der Waals surface area contributed by atoms with Crippen LogP contribution in [0.3, 0.4) is 0 Å². The molecule has 1 saturated heterocycles. The largest absolute Gasteiger partial charge is 0.481 e. The van der Waals surface area contributed by atoms with E-state index in [1.807, 2.05) is 0 Å². The van der Waals surface area contributed by atoms with E-state index in [1.54, 1.807) is 0 Å². The number of rotatable bonds is 11. The smallest absolute Gasteiger partial charge is 0.326 e. The second kappa shape index (κ2) is 11.7. The Balaban J connectivity index is 2.97. The van der Waals surface area contributed by atoms with Crippen LogP contribution in [-0.2, 0) is 24.0 Å². The molecule has 1 rings (SSSR count). The fourth-order valence-corrected chi connectivity index (χ4v) is 3.17. The van der Waals surface area contributed by atoms with E-state index in [0.717, 1.165) is 4.90 Å². The van der Waals surface area contributed by atoms with Crippen molar-refractivity contribution in [1.82, 2.24) is 15.5 Å². The molecule has 0 radical (unpaired) electrons. The Morgan fingerprint density at radius 3 is 2.30 bits per heavy atom. The number of nitrogens with two attached hydrogens (primary N) is 1. The predicted molar refractivity (Wildman–Crippen MR) is 107 cm³/mol. The third kappa shape index (κ3) is 7.15. The van der Waals surface area contributed by atoms with Crippen LogP contribution in [0.2, 0.25) is 0 Å². The maximum Gasteiger partial charge on any atom is 0.326 e. The lowest BCUT2D eigenvalue weighted by Gasteiger charge is -2.30. The van der Waals surface area contributed by atoms with Crippen molar-refractivity contribution in [3.63, 3.8) is 0 Å². The molecule has 0 aromatic carbocycles. The normalized spacial score (nSPS) is 20.0. The van der Waals surface area contributed by atoms with Crippen LogP contribution >= 0.6 is 12.6 Å².